The maximum absolute atomic E-state index is 13.1. The van der Waals surface area contributed by atoms with Crippen LogP contribution in [-0.4, -0.2) is 39.0 Å². The van der Waals surface area contributed by atoms with Gasteiger partial charge in [0.1, 0.15) is 4.90 Å². The highest BCUT2D eigenvalue weighted by Crippen LogP contribution is 2.34. The van der Waals surface area contributed by atoms with Gasteiger partial charge in [-0.1, -0.05) is 45.2 Å². The zero-order valence-electron chi connectivity index (χ0n) is 21.2. The second kappa shape index (κ2) is 12.1. The van der Waals surface area contributed by atoms with Crippen LogP contribution in [0.1, 0.15) is 57.1 Å². The summed E-state index contributed by atoms with van der Waals surface area (Å²) in [6.07, 6.45) is 0.495. The summed E-state index contributed by atoms with van der Waals surface area (Å²) >= 11 is 0. The van der Waals surface area contributed by atoms with Crippen LogP contribution in [0.3, 0.4) is 0 Å². The highest BCUT2D eigenvalue weighted by atomic mass is 32.2. The van der Waals surface area contributed by atoms with Gasteiger partial charge in [0.25, 0.3) is 0 Å². The molecule has 2 amide bonds. The minimum absolute atomic E-state index is 0.0846. The monoisotopic (exact) mass is 542 g/mol. The van der Waals surface area contributed by atoms with Crippen molar-refractivity contribution in [2.24, 2.45) is 5.92 Å². The van der Waals surface area contributed by atoms with Gasteiger partial charge in [-0.05, 0) is 54.7 Å². The number of amides is 2. The van der Waals surface area contributed by atoms with Gasteiger partial charge in [-0.25, -0.2) is 4.79 Å². The SMILES string of the molecule is COc1ccc(CN(CC(C)C)C(=O)NC2CCCCC2)cc1OS(=O)(=O)c1cccc(C(F)(F)F)c1. The first-order valence-corrected chi connectivity index (χ1v) is 13.6. The third-order valence-corrected chi connectivity index (χ3v) is 7.29. The maximum Gasteiger partial charge on any atom is 0.416 e. The van der Waals surface area contributed by atoms with E-state index in [1.54, 1.807) is 11.0 Å². The molecular weight excluding hydrogens is 509 g/mol. The first-order chi connectivity index (χ1) is 17.4. The van der Waals surface area contributed by atoms with Crippen LogP contribution in [0, 0.1) is 5.92 Å². The Morgan fingerprint density at radius 1 is 1.08 bits per heavy atom. The number of ether oxygens (including phenoxy) is 1. The Labute approximate surface area is 216 Å². The lowest BCUT2D eigenvalue weighted by molar-refractivity contribution is -0.137. The number of nitrogens with one attached hydrogen (secondary N) is 1. The Kier molecular flexibility index (Phi) is 9.33. The third kappa shape index (κ3) is 8.02. The fourth-order valence-electron chi connectivity index (χ4n) is 4.27. The topological polar surface area (TPSA) is 84.9 Å². The molecule has 1 saturated carbocycles. The van der Waals surface area contributed by atoms with Crippen molar-refractivity contribution in [3.63, 3.8) is 0 Å². The normalized spacial score (nSPS) is 14.9. The van der Waals surface area contributed by atoms with Crippen LogP contribution in [0.25, 0.3) is 0 Å². The number of carbonyl (C=O) groups is 1. The molecule has 3 rings (SSSR count). The van der Waals surface area contributed by atoms with Crippen molar-refractivity contribution < 1.29 is 35.3 Å². The zero-order valence-corrected chi connectivity index (χ0v) is 22.0. The number of nitrogens with zero attached hydrogens (tertiary/aromatic N) is 1. The molecular formula is C26H33F3N2O5S. The fourth-order valence-corrected chi connectivity index (χ4v) is 5.25. The fraction of sp³-hybridized carbons (Fsp3) is 0.500. The first-order valence-electron chi connectivity index (χ1n) is 12.2. The number of hydrogen-bond donors (Lipinski definition) is 1. The predicted octanol–water partition coefficient (Wildman–Crippen LogP) is 5.98. The molecule has 1 aliphatic rings. The summed E-state index contributed by atoms with van der Waals surface area (Å²) in [7, 11) is -3.28. The van der Waals surface area contributed by atoms with Crippen LogP contribution in [-0.2, 0) is 22.8 Å². The smallest absolute Gasteiger partial charge is 0.416 e. The van der Waals surface area contributed by atoms with Gasteiger partial charge < -0.3 is 19.1 Å². The molecule has 1 aliphatic carbocycles. The highest BCUT2D eigenvalue weighted by molar-refractivity contribution is 7.87. The molecule has 7 nitrogen and oxygen atoms in total. The molecule has 11 heteroatoms. The van der Waals surface area contributed by atoms with Gasteiger partial charge in [0.15, 0.2) is 11.5 Å². The van der Waals surface area contributed by atoms with Crippen molar-refractivity contribution >= 4 is 16.1 Å². The van der Waals surface area contributed by atoms with Crippen LogP contribution in [0.2, 0.25) is 0 Å². The van der Waals surface area contributed by atoms with Gasteiger partial charge in [-0.3, -0.25) is 0 Å². The van der Waals surface area contributed by atoms with Crippen molar-refractivity contribution in [2.45, 2.75) is 69.6 Å². The average molecular weight is 543 g/mol. The number of methoxy groups -OCH3 is 1. The number of hydrogen-bond acceptors (Lipinski definition) is 5. The van der Waals surface area contributed by atoms with E-state index in [0.717, 1.165) is 43.9 Å². The Hall–Kier alpha value is -2.95. The van der Waals surface area contributed by atoms with E-state index < -0.39 is 26.8 Å². The third-order valence-electron chi connectivity index (χ3n) is 6.06. The van der Waals surface area contributed by atoms with E-state index in [1.165, 1.54) is 25.7 Å². The summed E-state index contributed by atoms with van der Waals surface area (Å²) in [5, 5.41) is 3.10. The number of rotatable bonds is 9. The van der Waals surface area contributed by atoms with Crippen LogP contribution in [0.5, 0.6) is 11.5 Å². The van der Waals surface area contributed by atoms with E-state index in [1.807, 2.05) is 13.8 Å². The van der Waals surface area contributed by atoms with Crippen molar-refractivity contribution in [1.82, 2.24) is 10.2 Å². The van der Waals surface area contributed by atoms with E-state index in [2.05, 4.69) is 5.32 Å². The van der Waals surface area contributed by atoms with Crippen LogP contribution < -0.4 is 14.2 Å². The average Bonchev–Trinajstić information content (AvgIpc) is 2.83. The number of alkyl halides is 3. The second-order valence-corrected chi connectivity index (χ2v) is 11.2. The molecule has 0 aliphatic heterocycles. The lowest BCUT2D eigenvalue weighted by Crippen LogP contribution is -2.46. The van der Waals surface area contributed by atoms with Crippen molar-refractivity contribution in [2.75, 3.05) is 13.7 Å². The summed E-state index contributed by atoms with van der Waals surface area (Å²) in [5.74, 6) is 0.0864. The summed E-state index contributed by atoms with van der Waals surface area (Å²) in [6.45, 7) is 4.64. The molecule has 2 aromatic carbocycles. The molecule has 2 aromatic rings. The molecule has 0 aromatic heterocycles. The van der Waals surface area contributed by atoms with Crippen LogP contribution in [0.15, 0.2) is 47.4 Å². The first kappa shape index (κ1) is 28.6. The molecule has 0 radical (unpaired) electrons. The van der Waals surface area contributed by atoms with E-state index >= 15 is 0 Å². The minimum atomic E-state index is -4.71. The van der Waals surface area contributed by atoms with Gasteiger partial charge in [-0.15, -0.1) is 0 Å². The van der Waals surface area contributed by atoms with Gasteiger partial charge in [-0.2, -0.15) is 21.6 Å². The standard InChI is InChI=1S/C26H33F3N2O5S/c1-18(2)16-31(25(32)30-21-9-5-4-6-10-21)17-19-12-13-23(35-3)24(14-19)36-37(33,34)22-11-7-8-20(15-22)26(27,28)29/h7-8,11-15,18,21H,4-6,9-10,16-17H2,1-3H3,(H,30,32). The predicted molar refractivity (Wildman–Crippen MR) is 133 cm³/mol. The zero-order chi connectivity index (χ0) is 27.2. The molecule has 204 valence electrons. The van der Waals surface area contributed by atoms with E-state index in [-0.39, 0.29) is 36.0 Å². The van der Waals surface area contributed by atoms with Gasteiger partial charge in [0.2, 0.25) is 0 Å². The molecule has 0 unspecified atom stereocenters. The Morgan fingerprint density at radius 3 is 2.41 bits per heavy atom. The van der Waals surface area contributed by atoms with Crippen molar-refractivity contribution in [3.05, 3.63) is 53.6 Å². The summed E-state index contributed by atoms with van der Waals surface area (Å²) in [5.41, 5.74) is -0.527. The summed E-state index contributed by atoms with van der Waals surface area (Å²) < 4.78 is 75.4. The van der Waals surface area contributed by atoms with Crippen molar-refractivity contribution in [1.29, 1.82) is 0 Å². The van der Waals surface area contributed by atoms with Crippen molar-refractivity contribution in [3.8, 4) is 11.5 Å². The van der Waals surface area contributed by atoms with E-state index in [0.29, 0.717) is 18.2 Å². The van der Waals surface area contributed by atoms with Crippen LogP contribution in [0.4, 0.5) is 18.0 Å². The Balaban J connectivity index is 1.83. The lowest BCUT2D eigenvalue weighted by Gasteiger charge is -2.29. The molecule has 0 atom stereocenters. The molecule has 1 N–H and O–H groups in total. The minimum Gasteiger partial charge on any atom is -0.493 e. The molecule has 1 fully saturated rings. The maximum atomic E-state index is 13.1. The summed E-state index contributed by atoms with van der Waals surface area (Å²) in [6, 6.07) is 7.86. The van der Waals surface area contributed by atoms with E-state index in [4.69, 9.17) is 8.92 Å². The molecule has 0 bridgehead atoms. The van der Waals surface area contributed by atoms with Gasteiger partial charge in [0.05, 0.1) is 12.7 Å². The number of benzene rings is 2. The lowest BCUT2D eigenvalue weighted by atomic mass is 9.96. The molecule has 0 saturated heterocycles. The Morgan fingerprint density at radius 2 is 1.78 bits per heavy atom. The largest absolute Gasteiger partial charge is 0.493 e. The molecule has 0 spiro atoms. The number of urea groups is 1. The highest BCUT2D eigenvalue weighted by Gasteiger charge is 2.32. The molecule has 37 heavy (non-hydrogen) atoms. The van der Waals surface area contributed by atoms with E-state index in [9.17, 15) is 26.4 Å². The quantitative estimate of drug-likeness (QED) is 0.394. The number of carbonyl (C=O) groups excluding carboxylic acids is 1. The second-order valence-electron chi connectivity index (χ2n) is 9.61. The molecule has 0 heterocycles. The summed E-state index contributed by atoms with van der Waals surface area (Å²) in [4.78, 5) is 14.1. The van der Waals surface area contributed by atoms with Gasteiger partial charge >= 0.3 is 22.3 Å². The Bertz CT molecular complexity index is 1180. The van der Waals surface area contributed by atoms with Crippen LogP contribution >= 0.6 is 0 Å². The number of halogens is 3. The van der Waals surface area contributed by atoms with Gasteiger partial charge in [0, 0.05) is 19.1 Å².